The number of Topliss-reactive ketones (excluding diaryl/α,β-unsaturated/α-hetero) is 1. The third-order valence-electron chi connectivity index (χ3n) is 3.38. The van der Waals surface area contributed by atoms with Gasteiger partial charge in [-0.1, -0.05) is 6.07 Å². The maximum Gasteiger partial charge on any atom is 0.200 e. The van der Waals surface area contributed by atoms with Crippen molar-refractivity contribution in [3.8, 4) is 23.0 Å². The van der Waals surface area contributed by atoms with E-state index in [1.54, 1.807) is 38.5 Å². The molecule has 0 aliphatic heterocycles. The van der Waals surface area contributed by atoms with E-state index < -0.39 is 0 Å². The van der Waals surface area contributed by atoms with Crippen molar-refractivity contribution >= 4 is 5.78 Å². The third kappa shape index (κ3) is 3.94. The average Bonchev–Trinajstić information content (AvgIpc) is 2.59. The van der Waals surface area contributed by atoms with Gasteiger partial charge in [0.2, 0.25) is 0 Å². The van der Waals surface area contributed by atoms with Crippen molar-refractivity contribution in [3.05, 3.63) is 47.5 Å². The zero-order valence-electron chi connectivity index (χ0n) is 13.7. The van der Waals surface area contributed by atoms with E-state index in [0.717, 1.165) is 5.56 Å². The molecular weight excluding hydrogens is 296 g/mol. The molecule has 0 spiro atoms. The van der Waals surface area contributed by atoms with E-state index in [-0.39, 0.29) is 12.4 Å². The zero-order chi connectivity index (χ0) is 16.8. The number of methoxy groups -OCH3 is 3. The van der Waals surface area contributed by atoms with E-state index in [1.165, 1.54) is 7.11 Å². The van der Waals surface area contributed by atoms with Gasteiger partial charge in [0.15, 0.2) is 35.4 Å². The molecule has 0 unspecified atom stereocenters. The standard InChI is InChI=1S/C18H20O5/c1-12-5-7-16(17(9-12)21-3)23-11-14(19)13-6-8-15(20-2)18(10-13)22-4/h5-10H,11H2,1-4H3. The number of benzene rings is 2. The van der Waals surface area contributed by atoms with Crippen molar-refractivity contribution in [1.82, 2.24) is 0 Å². The molecule has 0 amide bonds. The molecule has 0 atom stereocenters. The van der Waals surface area contributed by atoms with Crippen LogP contribution in [0.5, 0.6) is 23.0 Å². The molecule has 0 saturated heterocycles. The summed E-state index contributed by atoms with van der Waals surface area (Å²) in [5.74, 6) is 2.06. The highest BCUT2D eigenvalue weighted by Gasteiger charge is 2.13. The van der Waals surface area contributed by atoms with Gasteiger partial charge < -0.3 is 18.9 Å². The summed E-state index contributed by atoms with van der Waals surface area (Å²) in [6.45, 7) is 1.87. The van der Waals surface area contributed by atoms with E-state index in [9.17, 15) is 4.79 Å². The van der Waals surface area contributed by atoms with E-state index in [2.05, 4.69) is 0 Å². The number of hydrogen-bond acceptors (Lipinski definition) is 5. The molecule has 0 aliphatic rings. The summed E-state index contributed by atoms with van der Waals surface area (Å²) in [7, 11) is 4.64. The van der Waals surface area contributed by atoms with Crippen molar-refractivity contribution in [3.63, 3.8) is 0 Å². The first kappa shape index (κ1) is 16.7. The minimum atomic E-state index is -0.159. The Morgan fingerprint density at radius 3 is 2.09 bits per heavy atom. The van der Waals surface area contributed by atoms with Gasteiger partial charge >= 0.3 is 0 Å². The molecule has 23 heavy (non-hydrogen) atoms. The number of hydrogen-bond donors (Lipinski definition) is 0. The highest BCUT2D eigenvalue weighted by Crippen LogP contribution is 2.29. The molecule has 0 aliphatic carbocycles. The molecule has 0 aromatic heterocycles. The monoisotopic (exact) mass is 316 g/mol. The highest BCUT2D eigenvalue weighted by molar-refractivity contribution is 5.97. The molecule has 0 saturated carbocycles. The minimum Gasteiger partial charge on any atom is -0.493 e. The van der Waals surface area contributed by atoms with Gasteiger partial charge in [0, 0.05) is 5.56 Å². The molecule has 122 valence electrons. The van der Waals surface area contributed by atoms with Crippen LogP contribution < -0.4 is 18.9 Å². The number of rotatable bonds is 7. The minimum absolute atomic E-state index is 0.0884. The Hall–Kier alpha value is -2.69. The van der Waals surface area contributed by atoms with Crippen molar-refractivity contribution in [2.45, 2.75) is 6.92 Å². The summed E-state index contributed by atoms with van der Waals surface area (Å²) >= 11 is 0. The Labute approximate surface area is 135 Å². The SMILES string of the molecule is COc1ccc(C(=O)COc2ccc(C)cc2OC)cc1OC. The van der Waals surface area contributed by atoms with Crippen LogP contribution in [0.2, 0.25) is 0 Å². The van der Waals surface area contributed by atoms with Crippen LogP contribution in [-0.4, -0.2) is 33.7 Å². The van der Waals surface area contributed by atoms with Crippen LogP contribution in [0, 0.1) is 6.92 Å². The predicted molar refractivity (Wildman–Crippen MR) is 87.1 cm³/mol. The van der Waals surface area contributed by atoms with Gasteiger partial charge in [-0.3, -0.25) is 4.79 Å². The van der Waals surface area contributed by atoms with E-state index >= 15 is 0 Å². The van der Waals surface area contributed by atoms with Crippen LogP contribution in [0.4, 0.5) is 0 Å². The van der Waals surface area contributed by atoms with Crippen LogP contribution in [0.1, 0.15) is 15.9 Å². The number of ketones is 1. The Morgan fingerprint density at radius 2 is 1.43 bits per heavy atom. The molecule has 5 nitrogen and oxygen atoms in total. The number of ether oxygens (including phenoxy) is 4. The first-order valence-corrected chi connectivity index (χ1v) is 7.11. The Bertz CT molecular complexity index is 694. The predicted octanol–water partition coefficient (Wildman–Crippen LogP) is 3.28. The van der Waals surface area contributed by atoms with Crippen LogP contribution in [0.25, 0.3) is 0 Å². The largest absolute Gasteiger partial charge is 0.493 e. The van der Waals surface area contributed by atoms with Crippen molar-refractivity contribution in [2.24, 2.45) is 0 Å². The number of carbonyl (C=O) groups excluding carboxylic acids is 1. The quantitative estimate of drug-likeness (QED) is 0.734. The van der Waals surface area contributed by atoms with Crippen molar-refractivity contribution < 1.29 is 23.7 Å². The van der Waals surface area contributed by atoms with E-state index in [1.807, 2.05) is 19.1 Å². The molecule has 0 N–H and O–H groups in total. The topological polar surface area (TPSA) is 54.0 Å². The van der Waals surface area contributed by atoms with Gasteiger partial charge in [-0.2, -0.15) is 0 Å². The fourth-order valence-corrected chi connectivity index (χ4v) is 2.13. The molecule has 0 fully saturated rings. The fourth-order valence-electron chi connectivity index (χ4n) is 2.13. The van der Waals surface area contributed by atoms with Crippen LogP contribution >= 0.6 is 0 Å². The lowest BCUT2D eigenvalue weighted by molar-refractivity contribution is 0.0919. The summed E-state index contributed by atoms with van der Waals surface area (Å²) < 4.78 is 21.2. The van der Waals surface area contributed by atoms with Crippen molar-refractivity contribution in [1.29, 1.82) is 0 Å². The Balaban J connectivity index is 2.11. The molecule has 2 aromatic rings. The number of aryl methyl sites for hydroxylation is 1. The number of carbonyl (C=O) groups is 1. The average molecular weight is 316 g/mol. The zero-order valence-corrected chi connectivity index (χ0v) is 13.7. The fraction of sp³-hybridized carbons (Fsp3) is 0.278. The van der Waals surface area contributed by atoms with Gasteiger partial charge in [0.1, 0.15) is 0 Å². The smallest absolute Gasteiger partial charge is 0.200 e. The van der Waals surface area contributed by atoms with E-state index in [0.29, 0.717) is 28.6 Å². The van der Waals surface area contributed by atoms with Crippen LogP contribution in [0.3, 0.4) is 0 Å². The lowest BCUT2D eigenvalue weighted by atomic mass is 10.1. The first-order chi connectivity index (χ1) is 11.1. The van der Waals surface area contributed by atoms with Gasteiger partial charge in [0.05, 0.1) is 21.3 Å². The Kier molecular flexibility index (Phi) is 5.46. The van der Waals surface area contributed by atoms with Crippen LogP contribution in [-0.2, 0) is 0 Å². The summed E-state index contributed by atoms with van der Waals surface area (Å²) in [5, 5.41) is 0. The molecular formula is C18H20O5. The van der Waals surface area contributed by atoms with Gasteiger partial charge in [-0.25, -0.2) is 0 Å². The molecule has 2 rings (SSSR count). The molecule has 2 aromatic carbocycles. The summed E-state index contributed by atoms with van der Waals surface area (Å²) in [6, 6.07) is 10.6. The first-order valence-electron chi connectivity index (χ1n) is 7.11. The maximum absolute atomic E-state index is 12.3. The molecule has 0 heterocycles. The molecule has 5 heteroatoms. The summed E-state index contributed by atoms with van der Waals surface area (Å²) in [6.07, 6.45) is 0. The van der Waals surface area contributed by atoms with Gasteiger partial charge in [-0.05, 0) is 42.8 Å². The van der Waals surface area contributed by atoms with Gasteiger partial charge in [-0.15, -0.1) is 0 Å². The third-order valence-corrected chi connectivity index (χ3v) is 3.38. The normalized spacial score (nSPS) is 10.1. The highest BCUT2D eigenvalue weighted by atomic mass is 16.5. The van der Waals surface area contributed by atoms with Crippen molar-refractivity contribution in [2.75, 3.05) is 27.9 Å². The lowest BCUT2D eigenvalue weighted by Gasteiger charge is -2.12. The molecule has 0 bridgehead atoms. The summed E-state index contributed by atoms with van der Waals surface area (Å²) in [4.78, 5) is 12.3. The Morgan fingerprint density at radius 1 is 0.826 bits per heavy atom. The van der Waals surface area contributed by atoms with Gasteiger partial charge in [0.25, 0.3) is 0 Å². The molecule has 0 radical (unpaired) electrons. The van der Waals surface area contributed by atoms with E-state index in [4.69, 9.17) is 18.9 Å². The van der Waals surface area contributed by atoms with Crippen LogP contribution in [0.15, 0.2) is 36.4 Å². The summed E-state index contributed by atoms with van der Waals surface area (Å²) in [5.41, 5.74) is 1.55. The second-order valence-corrected chi connectivity index (χ2v) is 4.94. The maximum atomic E-state index is 12.3. The lowest BCUT2D eigenvalue weighted by Crippen LogP contribution is -2.12. The second-order valence-electron chi connectivity index (χ2n) is 4.94. The second kappa shape index (κ2) is 7.54.